The Hall–Kier alpha value is -2.82. The van der Waals surface area contributed by atoms with Gasteiger partial charge < -0.3 is 10.6 Å². The SMILES string of the molecule is NC(N)(Nc1ccccc1)c1ccccc1Nc1ccccc1. The van der Waals surface area contributed by atoms with Crippen LogP contribution in [-0.4, -0.2) is 0 Å². The second kappa shape index (κ2) is 6.52. The molecule has 0 saturated heterocycles. The molecular weight excluding hydrogens is 284 g/mol. The molecule has 6 N–H and O–H groups in total. The van der Waals surface area contributed by atoms with Crippen molar-refractivity contribution in [2.45, 2.75) is 5.79 Å². The van der Waals surface area contributed by atoms with Crippen molar-refractivity contribution in [3.8, 4) is 0 Å². The molecule has 0 amide bonds. The maximum absolute atomic E-state index is 6.35. The summed E-state index contributed by atoms with van der Waals surface area (Å²) in [4.78, 5) is 0. The minimum absolute atomic E-state index is 0.785. The lowest BCUT2D eigenvalue weighted by Gasteiger charge is -2.30. The van der Waals surface area contributed by atoms with Crippen LogP contribution in [0, 0.1) is 0 Å². The van der Waals surface area contributed by atoms with Crippen molar-refractivity contribution < 1.29 is 0 Å². The summed E-state index contributed by atoms with van der Waals surface area (Å²) in [5.74, 6) is -1.19. The molecule has 0 heterocycles. The molecule has 0 aromatic heterocycles. The van der Waals surface area contributed by atoms with E-state index in [9.17, 15) is 0 Å². The maximum atomic E-state index is 6.35. The van der Waals surface area contributed by atoms with Crippen LogP contribution in [0.4, 0.5) is 17.1 Å². The van der Waals surface area contributed by atoms with Gasteiger partial charge in [0, 0.05) is 22.6 Å². The first-order valence-corrected chi connectivity index (χ1v) is 7.48. The third kappa shape index (κ3) is 3.69. The van der Waals surface area contributed by atoms with Gasteiger partial charge in [0.2, 0.25) is 0 Å². The first kappa shape index (κ1) is 15.1. The Kier molecular flexibility index (Phi) is 4.28. The number of nitrogens with two attached hydrogens (primary N) is 2. The molecule has 0 saturated carbocycles. The zero-order valence-corrected chi connectivity index (χ0v) is 12.7. The fourth-order valence-electron chi connectivity index (χ4n) is 2.46. The van der Waals surface area contributed by atoms with Gasteiger partial charge in [-0.05, 0) is 30.3 Å². The number of hydrogen-bond acceptors (Lipinski definition) is 4. The molecule has 0 unspecified atom stereocenters. The number of anilines is 3. The summed E-state index contributed by atoms with van der Waals surface area (Å²) in [5, 5.41) is 6.54. The molecule has 0 bridgehead atoms. The van der Waals surface area contributed by atoms with E-state index in [0.29, 0.717) is 0 Å². The summed E-state index contributed by atoms with van der Waals surface area (Å²) in [5.41, 5.74) is 16.2. The Morgan fingerprint density at radius 2 is 1.13 bits per heavy atom. The van der Waals surface area contributed by atoms with Gasteiger partial charge in [0.25, 0.3) is 0 Å². The topological polar surface area (TPSA) is 76.1 Å². The summed E-state index contributed by atoms with van der Waals surface area (Å²) in [7, 11) is 0. The molecule has 0 aliphatic rings. The lowest BCUT2D eigenvalue weighted by atomic mass is 10.1. The average molecular weight is 304 g/mol. The van der Waals surface area contributed by atoms with Crippen LogP contribution < -0.4 is 22.1 Å². The molecule has 0 fully saturated rings. The molecule has 3 rings (SSSR count). The minimum atomic E-state index is -1.19. The van der Waals surface area contributed by atoms with Crippen LogP contribution in [0.15, 0.2) is 84.9 Å². The van der Waals surface area contributed by atoms with Crippen molar-refractivity contribution in [3.63, 3.8) is 0 Å². The highest BCUT2D eigenvalue weighted by molar-refractivity contribution is 5.65. The lowest BCUT2D eigenvalue weighted by Crippen LogP contribution is -2.53. The van der Waals surface area contributed by atoms with E-state index < -0.39 is 5.79 Å². The van der Waals surface area contributed by atoms with E-state index in [1.807, 2.05) is 84.9 Å². The van der Waals surface area contributed by atoms with Crippen molar-refractivity contribution in [2.24, 2.45) is 11.5 Å². The van der Waals surface area contributed by atoms with E-state index in [0.717, 1.165) is 22.6 Å². The largest absolute Gasteiger partial charge is 0.355 e. The number of nitrogens with one attached hydrogen (secondary N) is 2. The number of benzene rings is 3. The summed E-state index contributed by atoms with van der Waals surface area (Å²) in [6.45, 7) is 0. The summed E-state index contributed by atoms with van der Waals surface area (Å²) in [6.07, 6.45) is 0. The van der Waals surface area contributed by atoms with Gasteiger partial charge in [0.05, 0.1) is 0 Å². The first-order valence-electron chi connectivity index (χ1n) is 7.48. The van der Waals surface area contributed by atoms with Crippen molar-refractivity contribution in [1.29, 1.82) is 0 Å². The molecule has 0 radical (unpaired) electrons. The van der Waals surface area contributed by atoms with Crippen molar-refractivity contribution in [2.75, 3.05) is 10.6 Å². The zero-order chi connectivity index (χ0) is 16.1. The van der Waals surface area contributed by atoms with Crippen molar-refractivity contribution in [3.05, 3.63) is 90.5 Å². The van der Waals surface area contributed by atoms with Crippen LogP contribution in [0.2, 0.25) is 0 Å². The van der Waals surface area contributed by atoms with E-state index >= 15 is 0 Å². The Morgan fingerprint density at radius 3 is 1.78 bits per heavy atom. The van der Waals surface area contributed by atoms with Crippen LogP contribution in [0.1, 0.15) is 5.56 Å². The standard InChI is InChI=1S/C19H20N4/c20-19(21,23-16-11-5-2-6-12-16)17-13-7-8-14-18(17)22-15-9-3-1-4-10-15/h1-14,22-23H,20-21H2. The van der Waals surface area contributed by atoms with Crippen LogP contribution in [0.5, 0.6) is 0 Å². The molecule has 23 heavy (non-hydrogen) atoms. The van der Waals surface area contributed by atoms with Gasteiger partial charge in [0.15, 0.2) is 5.79 Å². The summed E-state index contributed by atoms with van der Waals surface area (Å²) < 4.78 is 0. The lowest BCUT2D eigenvalue weighted by molar-refractivity contribution is 0.541. The van der Waals surface area contributed by atoms with Crippen molar-refractivity contribution in [1.82, 2.24) is 0 Å². The fourth-order valence-corrected chi connectivity index (χ4v) is 2.46. The third-order valence-corrected chi connectivity index (χ3v) is 3.55. The molecule has 0 aliphatic heterocycles. The smallest absolute Gasteiger partial charge is 0.167 e. The van der Waals surface area contributed by atoms with Crippen LogP contribution in [0.25, 0.3) is 0 Å². The Balaban J connectivity index is 1.89. The monoisotopic (exact) mass is 304 g/mol. The van der Waals surface area contributed by atoms with Gasteiger partial charge in [0.1, 0.15) is 0 Å². The molecule has 116 valence electrons. The van der Waals surface area contributed by atoms with Gasteiger partial charge in [-0.25, -0.2) is 0 Å². The van der Waals surface area contributed by atoms with Crippen LogP contribution in [-0.2, 0) is 5.79 Å². The second-order valence-corrected chi connectivity index (χ2v) is 5.40. The maximum Gasteiger partial charge on any atom is 0.167 e. The zero-order valence-electron chi connectivity index (χ0n) is 12.7. The van der Waals surface area contributed by atoms with E-state index in [-0.39, 0.29) is 0 Å². The molecule has 4 heteroatoms. The highest BCUT2D eigenvalue weighted by Gasteiger charge is 2.24. The van der Waals surface area contributed by atoms with E-state index in [1.54, 1.807) is 0 Å². The van der Waals surface area contributed by atoms with Gasteiger partial charge in [-0.2, -0.15) is 0 Å². The average Bonchev–Trinajstić information content (AvgIpc) is 2.57. The van der Waals surface area contributed by atoms with Gasteiger partial charge in [-0.3, -0.25) is 11.5 Å². The van der Waals surface area contributed by atoms with Crippen LogP contribution >= 0.6 is 0 Å². The molecule has 4 nitrogen and oxygen atoms in total. The highest BCUT2D eigenvalue weighted by Crippen LogP contribution is 2.27. The number of hydrogen-bond donors (Lipinski definition) is 4. The number of para-hydroxylation sites is 3. The molecular formula is C19H20N4. The number of rotatable bonds is 5. The quantitative estimate of drug-likeness (QED) is 0.544. The molecule has 0 aliphatic carbocycles. The third-order valence-electron chi connectivity index (χ3n) is 3.55. The molecule has 3 aromatic rings. The van der Waals surface area contributed by atoms with Gasteiger partial charge >= 0.3 is 0 Å². The Morgan fingerprint density at radius 1 is 0.609 bits per heavy atom. The van der Waals surface area contributed by atoms with Crippen LogP contribution in [0.3, 0.4) is 0 Å². The molecule has 0 atom stereocenters. The highest BCUT2D eigenvalue weighted by atomic mass is 15.2. The molecule has 0 spiro atoms. The van der Waals surface area contributed by atoms with Crippen molar-refractivity contribution >= 4 is 17.1 Å². The second-order valence-electron chi connectivity index (χ2n) is 5.40. The Bertz CT molecular complexity index is 755. The van der Waals surface area contributed by atoms with E-state index in [1.165, 1.54) is 0 Å². The first-order chi connectivity index (χ1) is 11.1. The Labute approximate surface area is 136 Å². The minimum Gasteiger partial charge on any atom is -0.355 e. The van der Waals surface area contributed by atoms with Gasteiger partial charge in [-0.1, -0.05) is 54.6 Å². The normalized spacial score (nSPS) is 11.0. The fraction of sp³-hybridized carbons (Fsp3) is 0.0526. The summed E-state index contributed by atoms with van der Waals surface area (Å²) >= 11 is 0. The van der Waals surface area contributed by atoms with Gasteiger partial charge in [-0.15, -0.1) is 0 Å². The predicted octanol–water partition coefficient (Wildman–Crippen LogP) is 3.57. The predicted molar refractivity (Wildman–Crippen MR) is 96.3 cm³/mol. The molecule has 3 aromatic carbocycles. The van der Waals surface area contributed by atoms with E-state index in [2.05, 4.69) is 10.6 Å². The summed E-state index contributed by atoms with van der Waals surface area (Å²) in [6, 6.07) is 27.4. The van der Waals surface area contributed by atoms with E-state index in [4.69, 9.17) is 11.5 Å².